The van der Waals surface area contributed by atoms with Gasteiger partial charge in [-0.3, -0.25) is 0 Å². The third-order valence-electron chi connectivity index (χ3n) is 0.471. The Kier molecular flexibility index (Phi) is 6.64. The molecule has 0 aliphatic rings. The van der Waals surface area contributed by atoms with Gasteiger partial charge in [0.1, 0.15) is 0 Å². The Morgan fingerprint density at radius 3 is 2.20 bits per heavy atom. The van der Waals surface area contributed by atoms with E-state index in [0.29, 0.717) is 0 Å². The second kappa shape index (κ2) is 5.29. The van der Waals surface area contributed by atoms with Crippen LogP contribution in [0.25, 0.3) is 0 Å². The van der Waals surface area contributed by atoms with Crippen LogP contribution in [0, 0.1) is 36.6 Å². The molecule has 0 spiro atoms. The van der Waals surface area contributed by atoms with Crippen molar-refractivity contribution in [2.24, 2.45) is 0 Å². The molecule has 0 unspecified atom stereocenters. The van der Waals surface area contributed by atoms with Crippen molar-refractivity contribution in [1.29, 1.82) is 0 Å². The normalized spacial score (nSPS) is 8.60. The fourth-order valence-electron chi connectivity index (χ4n) is 0.118. The summed E-state index contributed by atoms with van der Waals surface area (Å²) in [4.78, 5) is 0. The van der Waals surface area contributed by atoms with Crippen LogP contribution in [0.1, 0.15) is 19.8 Å². The number of rotatable bonds is 2. The summed E-state index contributed by atoms with van der Waals surface area (Å²) < 4.78 is 1.34. The van der Waals surface area contributed by atoms with E-state index in [4.69, 9.17) is 0 Å². The molecule has 0 amide bonds. The molecule has 0 nitrogen and oxygen atoms in total. The molecule has 5 heavy (non-hydrogen) atoms. The Labute approximate surface area is 58.3 Å². The van der Waals surface area contributed by atoms with E-state index in [1.54, 1.807) is 0 Å². The molecule has 0 radical (unpaired) electrons. The van der Waals surface area contributed by atoms with Crippen LogP contribution in [0.15, 0.2) is 0 Å². The molecule has 0 bridgehead atoms. The van der Waals surface area contributed by atoms with E-state index in [9.17, 15) is 0 Å². The molecule has 0 aromatic heterocycles. The Morgan fingerprint density at radius 1 is 1.60 bits per heavy atom. The summed E-state index contributed by atoms with van der Waals surface area (Å²) in [6.45, 7) is 2.21. The molecule has 0 atom stereocenters. The molecule has 0 saturated carbocycles. The van der Waals surface area contributed by atoms with Gasteiger partial charge >= 0.3 is 58.8 Å². The van der Waals surface area contributed by atoms with Crippen LogP contribution in [0.2, 0.25) is 2.39 Å². The molecule has 0 N–H and O–H groups in total. The van der Waals surface area contributed by atoms with Crippen molar-refractivity contribution < 1.29 is 36.6 Å². The van der Waals surface area contributed by atoms with E-state index in [1.807, 2.05) is 0 Å². The molecular weight excluding hydrogens is 207 g/mol. The average Bonchev–Trinajstić information content (AvgIpc) is 1.41. The zero-order valence-electron chi connectivity index (χ0n) is 3.45. The summed E-state index contributed by atoms with van der Waals surface area (Å²) in [5.41, 5.74) is 0. The van der Waals surface area contributed by atoms with Gasteiger partial charge in [-0.25, -0.2) is 0 Å². The van der Waals surface area contributed by atoms with Gasteiger partial charge in [-0.05, 0) is 0 Å². The summed E-state index contributed by atoms with van der Waals surface area (Å²) in [5, 5.41) is 0. The summed E-state index contributed by atoms with van der Waals surface area (Å²) >= 11 is 2.21. The summed E-state index contributed by atoms with van der Waals surface area (Å²) in [5.74, 6) is 0. The van der Waals surface area contributed by atoms with Crippen LogP contribution in [-0.4, -0.2) is 0 Å². The Balaban J connectivity index is 2.19. The van der Waals surface area contributed by atoms with Crippen LogP contribution in [-0.2, 0) is 0 Å². The minimum atomic E-state index is 1.34. The minimum absolute atomic E-state index is 1.34. The first-order chi connectivity index (χ1) is 2.41. The van der Waals surface area contributed by atoms with Gasteiger partial charge in [0.25, 0.3) is 0 Å². The Hall–Kier alpha value is 1.29. The standard InChI is InChI=1S/C4H9.Tb/c1-3-4-2;/h1,3-4H2,2H3;. The second-order valence-corrected chi connectivity index (χ2v) is 2.09. The van der Waals surface area contributed by atoms with Crippen molar-refractivity contribution in [3.63, 3.8) is 0 Å². The van der Waals surface area contributed by atoms with E-state index in [1.165, 1.54) is 15.2 Å². The predicted molar refractivity (Wildman–Crippen MR) is 19.7 cm³/mol. The molecule has 0 rings (SSSR count). The maximum atomic E-state index is 2.21. The molecule has 0 aromatic carbocycles. The first-order valence-corrected chi connectivity index (χ1v) is 3.46. The third kappa shape index (κ3) is 5.29. The van der Waals surface area contributed by atoms with Crippen LogP contribution in [0.4, 0.5) is 0 Å². The topological polar surface area (TPSA) is 0 Å². The van der Waals surface area contributed by atoms with E-state index in [2.05, 4.69) is 43.6 Å². The summed E-state index contributed by atoms with van der Waals surface area (Å²) in [6.07, 6.45) is 2.73. The fourth-order valence-corrected chi connectivity index (χ4v) is 0.874. The van der Waals surface area contributed by atoms with Crippen molar-refractivity contribution in [3.8, 4) is 0 Å². The van der Waals surface area contributed by atoms with Crippen molar-refractivity contribution in [2.45, 2.75) is 22.2 Å². The monoisotopic (exact) mass is 216 g/mol. The third-order valence-corrected chi connectivity index (χ3v) is 1.23. The van der Waals surface area contributed by atoms with E-state index >= 15 is 0 Å². The fraction of sp³-hybridized carbons (Fsp3) is 1.00. The van der Waals surface area contributed by atoms with Crippen molar-refractivity contribution >= 4 is 0 Å². The Bertz CT molecular complexity index is 11.1. The number of hydrogen-bond donors (Lipinski definition) is 0. The maximum absolute atomic E-state index is 2.21. The zero-order valence-corrected chi connectivity index (χ0v) is 5.59. The number of unbranched alkanes of at least 4 members (excludes halogenated alkanes) is 1. The SMILES string of the molecule is CCC[CH2][Tb]. The van der Waals surface area contributed by atoms with Crippen LogP contribution in [0.3, 0.4) is 0 Å². The van der Waals surface area contributed by atoms with Crippen molar-refractivity contribution in [2.75, 3.05) is 0 Å². The van der Waals surface area contributed by atoms with Gasteiger partial charge in [0, 0.05) is 0 Å². The van der Waals surface area contributed by atoms with Gasteiger partial charge in [0.15, 0.2) is 0 Å². The van der Waals surface area contributed by atoms with Crippen molar-refractivity contribution in [3.05, 3.63) is 0 Å². The Morgan fingerprint density at radius 2 is 2.20 bits per heavy atom. The first kappa shape index (κ1) is 6.29. The van der Waals surface area contributed by atoms with Gasteiger partial charge < -0.3 is 0 Å². The van der Waals surface area contributed by atoms with E-state index < -0.39 is 0 Å². The molecule has 0 aliphatic carbocycles. The van der Waals surface area contributed by atoms with Crippen LogP contribution >= 0.6 is 0 Å². The molecule has 0 saturated heterocycles. The predicted octanol–water partition coefficient (Wildman–Crippen LogP) is 1.75. The van der Waals surface area contributed by atoms with Gasteiger partial charge in [-0.15, -0.1) is 0 Å². The van der Waals surface area contributed by atoms with E-state index in [-0.39, 0.29) is 0 Å². The van der Waals surface area contributed by atoms with E-state index in [0.717, 1.165) is 0 Å². The summed E-state index contributed by atoms with van der Waals surface area (Å²) in [7, 11) is 0. The zero-order chi connectivity index (χ0) is 4.12. The van der Waals surface area contributed by atoms with Gasteiger partial charge in [0.05, 0.1) is 0 Å². The molecule has 0 heterocycles. The second-order valence-electron chi connectivity index (χ2n) is 1.02. The van der Waals surface area contributed by atoms with Crippen LogP contribution in [0.5, 0.6) is 0 Å². The van der Waals surface area contributed by atoms with Crippen molar-refractivity contribution in [1.82, 2.24) is 0 Å². The molecule has 34 valence electrons. The summed E-state index contributed by atoms with van der Waals surface area (Å²) in [6, 6.07) is 0. The quantitative estimate of drug-likeness (QED) is 0.659. The van der Waals surface area contributed by atoms with Gasteiger partial charge in [0.2, 0.25) is 0 Å². The molecule has 0 aliphatic heterocycles. The molecule has 0 aromatic rings. The molecule has 1 heteroatoms. The molecular formula is C4H9Tb. The first-order valence-electron chi connectivity index (χ1n) is 1.94. The van der Waals surface area contributed by atoms with Gasteiger partial charge in [-0.1, -0.05) is 0 Å². The molecule has 0 fully saturated rings. The number of hydrogen-bond acceptors (Lipinski definition) is 0. The van der Waals surface area contributed by atoms with Gasteiger partial charge in [-0.2, -0.15) is 0 Å². The van der Waals surface area contributed by atoms with Crippen LogP contribution < -0.4 is 0 Å². The average molecular weight is 216 g/mol.